The number of rotatable bonds is 6. The van der Waals surface area contributed by atoms with Crippen LogP contribution in [0, 0.1) is 0 Å². The maximum absolute atomic E-state index is 10.9. The SMILES string of the molecule is CCC(=O)OC/C(C)=C/C/C=C(\C)CC. The normalized spacial score (nSPS) is 12.8. The predicted molar refractivity (Wildman–Crippen MR) is 63.7 cm³/mol. The summed E-state index contributed by atoms with van der Waals surface area (Å²) in [6.45, 7) is 8.48. The average Bonchev–Trinajstić information content (AvgIpc) is 2.25. The lowest BCUT2D eigenvalue weighted by atomic mass is 10.1. The summed E-state index contributed by atoms with van der Waals surface area (Å²) in [5.74, 6) is -0.136. The van der Waals surface area contributed by atoms with Crippen LogP contribution in [-0.2, 0) is 9.53 Å². The van der Waals surface area contributed by atoms with Crippen LogP contribution in [0.1, 0.15) is 47.0 Å². The van der Waals surface area contributed by atoms with E-state index in [4.69, 9.17) is 4.74 Å². The van der Waals surface area contributed by atoms with Gasteiger partial charge in [0.2, 0.25) is 0 Å². The lowest BCUT2D eigenvalue weighted by molar-refractivity contribution is -0.142. The fourth-order valence-electron chi connectivity index (χ4n) is 0.961. The van der Waals surface area contributed by atoms with E-state index in [2.05, 4.69) is 26.0 Å². The molecule has 0 saturated carbocycles. The summed E-state index contributed by atoms with van der Waals surface area (Å²) in [5.41, 5.74) is 2.50. The summed E-state index contributed by atoms with van der Waals surface area (Å²) >= 11 is 0. The Bertz CT molecular complexity index is 249. The van der Waals surface area contributed by atoms with Gasteiger partial charge in [-0.15, -0.1) is 0 Å². The Balaban J connectivity index is 3.84. The van der Waals surface area contributed by atoms with E-state index in [1.54, 1.807) is 6.92 Å². The molecule has 0 aromatic carbocycles. The van der Waals surface area contributed by atoms with Crippen LogP contribution in [0.5, 0.6) is 0 Å². The molecular formula is C13H22O2. The molecule has 0 fully saturated rings. The summed E-state index contributed by atoms with van der Waals surface area (Å²) in [7, 11) is 0. The molecule has 86 valence electrons. The lowest BCUT2D eigenvalue weighted by Crippen LogP contribution is -2.04. The lowest BCUT2D eigenvalue weighted by Gasteiger charge is -2.02. The minimum Gasteiger partial charge on any atom is -0.461 e. The van der Waals surface area contributed by atoms with Crippen LogP contribution in [0.25, 0.3) is 0 Å². The molecular weight excluding hydrogens is 188 g/mol. The van der Waals surface area contributed by atoms with Gasteiger partial charge in [-0.1, -0.05) is 31.6 Å². The third-order valence-corrected chi connectivity index (χ3v) is 2.24. The highest BCUT2D eigenvalue weighted by Crippen LogP contribution is 2.03. The topological polar surface area (TPSA) is 26.3 Å². The highest BCUT2D eigenvalue weighted by molar-refractivity contribution is 5.69. The molecule has 0 aliphatic carbocycles. The van der Waals surface area contributed by atoms with E-state index in [-0.39, 0.29) is 5.97 Å². The molecule has 0 spiro atoms. The van der Waals surface area contributed by atoms with E-state index in [9.17, 15) is 4.79 Å². The van der Waals surface area contributed by atoms with Gasteiger partial charge in [0.1, 0.15) is 6.61 Å². The molecule has 0 amide bonds. The maximum Gasteiger partial charge on any atom is 0.305 e. The number of ether oxygens (including phenoxy) is 1. The molecule has 2 nitrogen and oxygen atoms in total. The van der Waals surface area contributed by atoms with Gasteiger partial charge < -0.3 is 4.74 Å². The Hall–Kier alpha value is -1.05. The minimum absolute atomic E-state index is 0.136. The van der Waals surface area contributed by atoms with E-state index < -0.39 is 0 Å². The molecule has 0 aliphatic heterocycles. The minimum atomic E-state index is -0.136. The molecule has 0 N–H and O–H groups in total. The van der Waals surface area contributed by atoms with Crippen LogP contribution in [-0.4, -0.2) is 12.6 Å². The molecule has 0 heterocycles. The fraction of sp³-hybridized carbons (Fsp3) is 0.615. The van der Waals surface area contributed by atoms with Gasteiger partial charge in [0, 0.05) is 6.42 Å². The zero-order valence-corrected chi connectivity index (χ0v) is 10.3. The Labute approximate surface area is 93.0 Å². The predicted octanol–water partition coefficient (Wildman–Crippen LogP) is 3.63. The average molecular weight is 210 g/mol. The molecule has 0 unspecified atom stereocenters. The van der Waals surface area contributed by atoms with Crippen LogP contribution in [0.15, 0.2) is 23.3 Å². The van der Waals surface area contributed by atoms with Crippen LogP contribution >= 0.6 is 0 Å². The number of hydrogen-bond donors (Lipinski definition) is 0. The first kappa shape index (κ1) is 13.9. The Morgan fingerprint density at radius 3 is 2.20 bits per heavy atom. The molecule has 2 heteroatoms. The molecule has 0 atom stereocenters. The first-order valence-corrected chi connectivity index (χ1v) is 5.57. The van der Waals surface area contributed by atoms with Gasteiger partial charge in [-0.3, -0.25) is 4.79 Å². The van der Waals surface area contributed by atoms with Crippen LogP contribution < -0.4 is 0 Å². The third-order valence-electron chi connectivity index (χ3n) is 2.24. The second-order valence-electron chi connectivity index (χ2n) is 3.70. The van der Waals surface area contributed by atoms with Crippen LogP contribution in [0.3, 0.4) is 0 Å². The monoisotopic (exact) mass is 210 g/mol. The fourth-order valence-corrected chi connectivity index (χ4v) is 0.961. The van der Waals surface area contributed by atoms with Gasteiger partial charge in [0.15, 0.2) is 0 Å². The molecule has 15 heavy (non-hydrogen) atoms. The number of allylic oxidation sites excluding steroid dienone is 3. The molecule has 0 rings (SSSR count). The number of carbonyl (C=O) groups is 1. The first-order chi connectivity index (χ1) is 7.10. The highest BCUT2D eigenvalue weighted by Gasteiger charge is 1.97. The van der Waals surface area contributed by atoms with Crippen molar-refractivity contribution in [1.82, 2.24) is 0 Å². The van der Waals surface area contributed by atoms with Gasteiger partial charge in [-0.25, -0.2) is 0 Å². The Kier molecular flexibility index (Phi) is 7.69. The van der Waals surface area contributed by atoms with E-state index >= 15 is 0 Å². The van der Waals surface area contributed by atoms with Crippen molar-refractivity contribution < 1.29 is 9.53 Å². The van der Waals surface area contributed by atoms with Crippen molar-refractivity contribution in [3.8, 4) is 0 Å². The largest absolute Gasteiger partial charge is 0.461 e. The van der Waals surface area contributed by atoms with Gasteiger partial charge in [0.25, 0.3) is 0 Å². The molecule has 0 aromatic heterocycles. The van der Waals surface area contributed by atoms with Gasteiger partial charge >= 0.3 is 5.97 Å². The van der Waals surface area contributed by atoms with E-state index in [1.807, 2.05) is 6.92 Å². The smallest absolute Gasteiger partial charge is 0.305 e. The quantitative estimate of drug-likeness (QED) is 0.494. The molecule has 0 bridgehead atoms. The van der Waals surface area contributed by atoms with Gasteiger partial charge in [-0.2, -0.15) is 0 Å². The van der Waals surface area contributed by atoms with Crippen LogP contribution in [0.4, 0.5) is 0 Å². The number of carbonyl (C=O) groups excluding carboxylic acids is 1. The molecule has 0 aliphatic rings. The standard InChI is InChI=1S/C13H22O2/c1-5-11(3)8-7-9-12(4)10-15-13(14)6-2/h8-9H,5-7,10H2,1-4H3/b11-8+,12-9+. The van der Waals surface area contributed by atoms with E-state index in [1.165, 1.54) is 5.57 Å². The third kappa shape index (κ3) is 7.98. The zero-order valence-electron chi connectivity index (χ0n) is 10.3. The summed E-state index contributed by atoms with van der Waals surface area (Å²) < 4.78 is 5.01. The van der Waals surface area contributed by atoms with E-state index in [0.717, 1.165) is 18.4 Å². The summed E-state index contributed by atoms with van der Waals surface area (Å²) in [5, 5.41) is 0. The summed E-state index contributed by atoms with van der Waals surface area (Å²) in [6, 6.07) is 0. The van der Waals surface area contributed by atoms with Crippen molar-refractivity contribution in [3.05, 3.63) is 23.3 Å². The van der Waals surface area contributed by atoms with Gasteiger partial charge in [0.05, 0.1) is 0 Å². The Morgan fingerprint density at radius 1 is 1.07 bits per heavy atom. The highest BCUT2D eigenvalue weighted by atomic mass is 16.5. The zero-order chi connectivity index (χ0) is 11.7. The summed E-state index contributed by atoms with van der Waals surface area (Å²) in [6.07, 6.45) is 6.77. The van der Waals surface area contributed by atoms with Gasteiger partial charge in [-0.05, 0) is 32.3 Å². The van der Waals surface area contributed by atoms with Crippen molar-refractivity contribution in [2.45, 2.75) is 47.0 Å². The van der Waals surface area contributed by atoms with Crippen molar-refractivity contribution in [1.29, 1.82) is 0 Å². The molecule has 0 aromatic rings. The molecule has 0 radical (unpaired) electrons. The van der Waals surface area contributed by atoms with Crippen molar-refractivity contribution in [3.63, 3.8) is 0 Å². The maximum atomic E-state index is 10.9. The van der Waals surface area contributed by atoms with Crippen molar-refractivity contribution in [2.24, 2.45) is 0 Å². The van der Waals surface area contributed by atoms with Crippen molar-refractivity contribution >= 4 is 5.97 Å². The first-order valence-electron chi connectivity index (χ1n) is 5.57. The van der Waals surface area contributed by atoms with E-state index in [0.29, 0.717) is 13.0 Å². The Morgan fingerprint density at radius 2 is 1.67 bits per heavy atom. The molecule has 0 saturated heterocycles. The second-order valence-corrected chi connectivity index (χ2v) is 3.70. The second kappa shape index (κ2) is 8.27. The number of hydrogen-bond acceptors (Lipinski definition) is 2. The summed E-state index contributed by atoms with van der Waals surface area (Å²) in [4.78, 5) is 10.9. The van der Waals surface area contributed by atoms with Crippen LogP contribution in [0.2, 0.25) is 0 Å². The number of esters is 1. The van der Waals surface area contributed by atoms with Crippen molar-refractivity contribution in [2.75, 3.05) is 6.61 Å².